The van der Waals surface area contributed by atoms with Gasteiger partial charge in [0.2, 0.25) is 0 Å². The highest BCUT2D eigenvalue weighted by Crippen LogP contribution is 2.14. The molecule has 0 aliphatic carbocycles. The van der Waals surface area contributed by atoms with Crippen molar-refractivity contribution >= 4 is 17.9 Å². The van der Waals surface area contributed by atoms with Gasteiger partial charge < -0.3 is 20.5 Å². The van der Waals surface area contributed by atoms with Gasteiger partial charge in [0.1, 0.15) is 5.70 Å². The zero-order chi connectivity index (χ0) is 19.9. The van der Waals surface area contributed by atoms with Crippen LogP contribution in [-0.2, 0) is 4.79 Å². The second kappa shape index (κ2) is 9.19. The quantitative estimate of drug-likeness (QED) is 0.627. The molecule has 1 heterocycles. The number of rotatable bonds is 8. The lowest BCUT2D eigenvalue weighted by molar-refractivity contribution is -0.118. The van der Waals surface area contributed by atoms with Gasteiger partial charge in [-0.2, -0.15) is 0 Å². The molecule has 3 N–H and O–H groups in total. The van der Waals surface area contributed by atoms with E-state index in [1.54, 1.807) is 36.5 Å². The van der Waals surface area contributed by atoms with Gasteiger partial charge in [-0.05, 0) is 49.9 Å². The van der Waals surface area contributed by atoms with Gasteiger partial charge in [-0.25, -0.2) is 0 Å². The maximum Gasteiger partial charge on any atom is 0.267 e. The normalized spacial score (nSPS) is 12.1. The Labute approximate surface area is 160 Å². The second-order valence-corrected chi connectivity index (χ2v) is 7.59. The summed E-state index contributed by atoms with van der Waals surface area (Å²) < 4.78 is 0. The van der Waals surface area contributed by atoms with Gasteiger partial charge in [-0.15, -0.1) is 0 Å². The van der Waals surface area contributed by atoms with E-state index in [2.05, 4.69) is 34.4 Å². The maximum absolute atomic E-state index is 12.7. The minimum absolute atomic E-state index is 0.0971. The lowest BCUT2D eigenvalue weighted by Crippen LogP contribution is -2.42. The van der Waals surface area contributed by atoms with Gasteiger partial charge in [-0.1, -0.05) is 32.0 Å². The van der Waals surface area contributed by atoms with E-state index in [9.17, 15) is 9.59 Å². The highest BCUT2D eigenvalue weighted by molar-refractivity contribution is 6.05. The van der Waals surface area contributed by atoms with Crippen LogP contribution in [0.4, 0.5) is 0 Å². The van der Waals surface area contributed by atoms with Crippen LogP contribution in [0.3, 0.4) is 0 Å². The zero-order valence-corrected chi connectivity index (χ0v) is 16.4. The predicted octanol–water partition coefficient (Wildman–Crippen LogP) is 2.49. The minimum atomic E-state index is -0.323. The molecule has 2 amide bonds. The number of nitrogens with zero attached hydrogens (tertiary/aromatic N) is 1. The van der Waals surface area contributed by atoms with Gasteiger partial charge in [0.25, 0.3) is 11.8 Å². The number of benzene rings is 1. The molecule has 0 aliphatic heterocycles. The van der Waals surface area contributed by atoms with E-state index in [1.165, 1.54) is 0 Å². The largest absolute Gasteiger partial charge is 0.362 e. The molecule has 2 aromatic rings. The Balaban J connectivity index is 2.13. The van der Waals surface area contributed by atoms with E-state index in [1.807, 2.05) is 32.3 Å². The van der Waals surface area contributed by atoms with Crippen LogP contribution >= 0.6 is 0 Å². The monoisotopic (exact) mass is 368 g/mol. The van der Waals surface area contributed by atoms with Crippen molar-refractivity contribution in [3.8, 4) is 0 Å². The highest BCUT2D eigenvalue weighted by Gasteiger charge is 2.22. The fourth-order valence-corrected chi connectivity index (χ4v) is 2.86. The average molecular weight is 368 g/mol. The summed E-state index contributed by atoms with van der Waals surface area (Å²) in [5.74, 6) is -0.642. The zero-order valence-electron chi connectivity index (χ0n) is 16.4. The summed E-state index contributed by atoms with van der Waals surface area (Å²) >= 11 is 0. The summed E-state index contributed by atoms with van der Waals surface area (Å²) in [5.41, 5.74) is 1.34. The summed E-state index contributed by atoms with van der Waals surface area (Å²) in [6.07, 6.45) is 3.40. The molecule has 6 nitrogen and oxygen atoms in total. The van der Waals surface area contributed by atoms with Crippen molar-refractivity contribution in [2.75, 3.05) is 27.2 Å². The summed E-state index contributed by atoms with van der Waals surface area (Å²) in [5, 5.41) is 5.66. The molecule has 0 atom stereocenters. The molecule has 0 aliphatic rings. The topological polar surface area (TPSA) is 77.2 Å². The Hall–Kier alpha value is -2.86. The lowest BCUT2D eigenvalue weighted by Gasteiger charge is -2.28. The Kier molecular flexibility index (Phi) is 6.96. The van der Waals surface area contributed by atoms with E-state index in [-0.39, 0.29) is 22.9 Å². The Morgan fingerprint density at radius 2 is 1.81 bits per heavy atom. The summed E-state index contributed by atoms with van der Waals surface area (Å²) in [4.78, 5) is 30.3. The van der Waals surface area contributed by atoms with Gasteiger partial charge >= 0.3 is 0 Å². The molecule has 144 valence electrons. The number of nitrogens with one attached hydrogen (secondary N) is 3. The molecule has 2 rings (SSSR count). The maximum atomic E-state index is 12.7. The number of hydrogen-bond acceptors (Lipinski definition) is 3. The van der Waals surface area contributed by atoms with Crippen molar-refractivity contribution in [3.05, 3.63) is 65.6 Å². The van der Waals surface area contributed by atoms with Crippen LogP contribution < -0.4 is 10.6 Å². The van der Waals surface area contributed by atoms with Crippen molar-refractivity contribution in [2.45, 2.75) is 13.8 Å². The number of carbonyl (C=O) groups is 2. The second-order valence-electron chi connectivity index (χ2n) is 7.59. The van der Waals surface area contributed by atoms with Crippen LogP contribution in [0.1, 0.15) is 29.9 Å². The van der Waals surface area contributed by atoms with E-state index in [4.69, 9.17) is 0 Å². The third-order valence-corrected chi connectivity index (χ3v) is 3.92. The van der Waals surface area contributed by atoms with Gasteiger partial charge in [0.15, 0.2) is 0 Å². The first kappa shape index (κ1) is 20.5. The van der Waals surface area contributed by atoms with Crippen LogP contribution in [0.25, 0.3) is 6.08 Å². The first-order valence-electron chi connectivity index (χ1n) is 8.91. The van der Waals surface area contributed by atoms with Crippen molar-refractivity contribution in [1.29, 1.82) is 0 Å². The molecule has 0 fully saturated rings. The summed E-state index contributed by atoms with van der Waals surface area (Å²) in [7, 11) is 4.00. The molecule has 0 bridgehead atoms. The lowest BCUT2D eigenvalue weighted by atomic mass is 9.93. The molecule has 0 saturated heterocycles. The number of carbonyl (C=O) groups excluding carboxylic acids is 2. The number of H-pyrrole nitrogens is 1. The van der Waals surface area contributed by atoms with Crippen LogP contribution in [0.2, 0.25) is 0 Å². The van der Waals surface area contributed by atoms with Crippen molar-refractivity contribution in [1.82, 2.24) is 20.5 Å². The average Bonchev–Trinajstić information content (AvgIpc) is 3.12. The molecule has 0 radical (unpaired) electrons. The number of hydrogen-bond donors (Lipinski definition) is 3. The van der Waals surface area contributed by atoms with E-state index in [0.29, 0.717) is 12.1 Å². The van der Waals surface area contributed by atoms with Gasteiger partial charge in [0, 0.05) is 30.5 Å². The highest BCUT2D eigenvalue weighted by atomic mass is 16.2. The Bertz CT molecular complexity index is 778. The first-order chi connectivity index (χ1) is 12.8. The molecule has 1 aromatic heterocycles. The van der Waals surface area contributed by atoms with Gasteiger partial charge in [0.05, 0.1) is 0 Å². The molecule has 0 saturated carbocycles. The minimum Gasteiger partial charge on any atom is -0.362 e. The number of aromatic nitrogens is 1. The molecule has 6 heteroatoms. The standard InChI is InChI=1S/C21H28N4O2/c1-21(2,15-25(3)4)14-23-20(27)18(13-17-11-8-12-22-17)24-19(26)16-9-6-5-7-10-16/h5-13,22H,14-15H2,1-4H3,(H,23,27)(H,24,26)/b18-13-. The van der Waals surface area contributed by atoms with E-state index < -0.39 is 0 Å². The Morgan fingerprint density at radius 3 is 2.41 bits per heavy atom. The fourth-order valence-electron chi connectivity index (χ4n) is 2.86. The number of amides is 2. The van der Waals surface area contributed by atoms with Crippen molar-refractivity contribution in [2.24, 2.45) is 5.41 Å². The summed E-state index contributed by atoms with van der Waals surface area (Å²) in [6, 6.07) is 12.5. The summed E-state index contributed by atoms with van der Waals surface area (Å²) in [6.45, 7) is 5.50. The van der Waals surface area contributed by atoms with Crippen molar-refractivity contribution in [3.63, 3.8) is 0 Å². The van der Waals surface area contributed by atoms with E-state index in [0.717, 1.165) is 12.2 Å². The molecule has 1 aromatic carbocycles. The van der Waals surface area contributed by atoms with Gasteiger partial charge in [-0.3, -0.25) is 9.59 Å². The molecule has 0 spiro atoms. The predicted molar refractivity (Wildman–Crippen MR) is 108 cm³/mol. The Morgan fingerprint density at radius 1 is 1.11 bits per heavy atom. The van der Waals surface area contributed by atoms with Crippen LogP contribution in [0, 0.1) is 5.41 Å². The van der Waals surface area contributed by atoms with Crippen LogP contribution in [0.15, 0.2) is 54.4 Å². The molecule has 0 unspecified atom stereocenters. The molecule has 27 heavy (non-hydrogen) atoms. The molecular formula is C21H28N4O2. The van der Waals surface area contributed by atoms with Crippen LogP contribution in [0.5, 0.6) is 0 Å². The van der Waals surface area contributed by atoms with Crippen LogP contribution in [-0.4, -0.2) is 48.9 Å². The molecular weight excluding hydrogens is 340 g/mol. The van der Waals surface area contributed by atoms with Crippen molar-refractivity contribution < 1.29 is 9.59 Å². The fraction of sp³-hybridized carbons (Fsp3) is 0.333. The SMILES string of the molecule is CN(C)CC(C)(C)CNC(=O)/C(=C/c1ccc[nH]1)NC(=O)c1ccccc1. The smallest absolute Gasteiger partial charge is 0.267 e. The third-order valence-electron chi connectivity index (χ3n) is 3.92. The first-order valence-corrected chi connectivity index (χ1v) is 8.91. The number of aromatic amines is 1. The van der Waals surface area contributed by atoms with E-state index >= 15 is 0 Å². The third kappa shape index (κ3) is 6.75.